The van der Waals surface area contributed by atoms with Crippen LogP contribution >= 0.6 is 0 Å². The Morgan fingerprint density at radius 2 is 1.81 bits per heavy atom. The number of rotatable bonds is 4. The van der Waals surface area contributed by atoms with E-state index in [1.165, 1.54) is 16.7 Å². The van der Waals surface area contributed by atoms with Crippen LogP contribution < -0.4 is 16.6 Å². The zero-order chi connectivity index (χ0) is 22.6. The molecule has 2 aromatic carbocycles. The van der Waals surface area contributed by atoms with Gasteiger partial charge in [-0.05, 0) is 37.3 Å². The summed E-state index contributed by atoms with van der Waals surface area (Å²) in [6, 6.07) is 11.1. The second-order valence-corrected chi connectivity index (χ2v) is 6.59. The number of para-hydroxylation sites is 1. The van der Waals surface area contributed by atoms with E-state index in [9.17, 15) is 27.6 Å². The van der Waals surface area contributed by atoms with Crippen LogP contribution in [0.4, 0.5) is 13.2 Å². The van der Waals surface area contributed by atoms with Crippen LogP contribution in [0.3, 0.4) is 0 Å². The zero-order valence-electron chi connectivity index (χ0n) is 16.5. The summed E-state index contributed by atoms with van der Waals surface area (Å²) >= 11 is 0. The Hall–Kier alpha value is -3.80. The number of benzene rings is 2. The number of amides is 1. The van der Waals surface area contributed by atoms with Gasteiger partial charge in [0.1, 0.15) is 6.54 Å². The summed E-state index contributed by atoms with van der Waals surface area (Å²) in [4.78, 5) is 37.3. The highest BCUT2D eigenvalue weighted by Crippen LogP contribution is 2.29. The van der Waals surface area contributed by atoms with Gasteiger partial charge < -0.3 is 5.32 Å². The van der Waals surface area contributed by atoms with Crippen LogP contribution in [0.25, 0.3) is 10.9 Å². The van der Waals surface area contributed by atoms with Crippen molar-refractivity contribution in [3.63, 3.8) is 0 Å². The lowest BCUT2D eigenvalue weighted by Gasteiger charge is -2.12. The summed E-state index contributed by atoms with van der Waals surface area (Å²) < 4.78 is 40.5. The fourth-order valence-electron chi connectivity index (χ4n) is 3.06. The van der Waals surface area contributed by atoms with Crippen molar-refractivity contribution < 1.29 is 18.0 Å². The fourth-order valence-corrected chi connectivity index (χ4v) is 3.06. The number of carbonyl (C=O) groups excluding carboxylic acids is 1. The number of nitrogens with zero attached hydrogens (tertiary/aromatic N) is 2. The van der Waals surface area contributed by atoms with Gasteiger partial charge in [0.15, 0.2) is 0 Å². The number of fused-ring (bicyclic) bond motifs is 1. The monoisotopic (exact) mass is 429 g/mol. The molecule has 1 aromatic heterocycles. The van der Waals surface area contributed by atoms with Crippen molar-refractivity contribution in [1.29, 1.82) is 0 Å². The average molecular weight is 429 g/mol. The summed E-state index contributed by atoms with van der Waals surface area (Å²) in [5.74, 6) is 4.63. The van der Waals surface area contributed by atoms with E-state index >= 15 is 0 Å². The number of halogens is 3. The Balaban J connectivity index is 1.75. The Morgan fingerprint density at radius 1 is 1.06 bits per heavy atom. The van der Waals surface area contributed by atoms with Crippen LogP contribution in [0.1, 0.15) is 18.1 Å². The lowest BCUT2D eigenvalue weighted by Crippen LogP contribution is -2.42. The van der Waals surface area contributed by atoms with E-state index in [0.717, 1.165) is 16.7 Å². The summed E-state index contributed by atoms with van der Waals surface area (Å²) in [5.41, 5.74) is -1.32. The summed E-state index contributed by atoms with van der Waals surface area (Å²) in [6.45, 7) is 1.37. The van der Waals surface area contributed by atoms with Crippen LogP contribution in [-0.2, 0) is 24.1 Å². The molecule has 1 heterocycles. The highest BCUT2D eigenvalue weighted by molar-refractivity contribution is 5.81. The minimum Gasteiger partial charge on any atom is -0.344 e. The molecule has 31 heavy (non-hydrogen) atoms. The van der Waals surface area contributed by atoms with E-state index in [1.807, 2.05) is 0 Å². The van der Waals surface area contributed by atoms with E-state index in [4.69, 9.17) is 0 Å². The maximum atomic E-state index is 12.7. The first-order chi connectivity index (χ1) is 14.7. The molecular formula is C22H18F3N3O3. The summed E-state index contributed by atoms with van der Waals surface area (Å²) in [6.07, 6.45) is -4.46. The molecule has 6 nitrogen and oxygen atoms in total. The van der Waals surface area contributed by atoms with Crippen LogP contribution in [0, 0.1) is 11.8 Å². The van der Waals surface area contributed by atoms with E-state index < -0.39 is 28.9 Å². The minimum absolute atomic E-state index is 0.116. The maximum absolute atomic E-state index is 12.7. The topological polar surface area (TPSA) is 73.1 Å². The molecule has 0 atom stereocenters. The predicted octanol–water partition coefficient (Wildman–Crippen LogP) is 2.37. The van der Waals surface area contributed by atoms with Gasteiger partial charge in [0.05, 0.1) is 23.0 Å². The first-order valence-electron chi connectivity index (χ1n) is 9.37. The quantitative estimate of drug-likeness (QED) is 0.648. The molecule has 0 aliphatic carbocycles. The van der Waals surface area contributed by atoms with Crippen LogP contribution in [0.15, 0.2) is 58.1 Å². The smallest absolute Gasteiger partial charge is 0.344 e. The Labute approximate surface area is 174 Å². The maximum Gasteiger partial charge on any atom is 0.416 e. The molecule has 0 aliphatic rings. The van der Waals surface area contributed by atoms with E-state index in [2.05, 4.69) is 17.2 Å². The normalized spacial score (nSPS) is 11.1. The van der Waals surface area contributed by atoms with Gasteiger partial charge in [-0.1, -0.05) is 30.0 Å². The average Bonchev–Trinajstić information content (AvgIpc) is 2.74. The van der Waals surface area contributed by atoms with E-state index in [-0.39, 0.29) is 25.2 Å². The molecule has 9 heteroatoms. The van der Waals surface area contributed by atoms with Gasteiger partial charge in [0.2, 0.25) is 5.91 Å². The third-order valence-electron chi connectivity index (χ3n) is 4.55. The number of carbonyl (C=O) groups is 1. The summed E-state index contributed by atoms with van der Waals surface area (Å²) in [7, 11) is 0. The van der Waals surface area contributed by atoms with Crippen molar-refractivity contribution >= 4 is 16.8 Å². The number of nitrogens with one attached hydrogen (secondary N) is 1. The van der Waals surface area contributed by atoms with Gasteiger partial charge in [-0.25, -0.2) is 4.79 Å². The second kappa shape index (κ2) is 8.92. The van der Waals surface area contributed by atoms with Crippen LogP contribution in [0.5, 0.6) is 0 Å². The largest absolute Gasteiger partial charge is 0.416 e. The fraction of sp³-hybridized carbons (Fsp3) is 0.227. The molecule has 0 unspecified atom stereocenters. The lowest BCUT2D eigenvalue weighted by atomic mass is 10.1. The first-order valence-corrected chi connectivity index (χ1v) is 9.37. The number of alkyl halides is 3. The third-order valence-corrected chi connectivity index (χ3v) is 4.55. The molecule has 0 aliphatic heterocycles. The van der Waals surface area contributed by atoms with Crippen molar-refractivity contribution in [1.82, 2.24) is 14.5 Å². The number of aromatic nitrogens is 2. The lowest BCUT2D eigenvalue weighted by molar-refractivity contribution is -0.137. The second-order valence-electron chi connectivity index (χ2n) is 6.59. The van der Waals surface area contributed by atoms with Gasteiger partial charge in [-0.2, -0.15) is 13.2 Å². The highest BCUT2D eigenvalue weighted by Gasteiger charge is 2.30. The van der Waals surface area contributed by atoms with Gasteiger partial charge in [-0.15, -0.1) is 0 Å². The van der Waals surface area contributed by atoms with Gasteiger partial charge in [0, 0.05) is 12.1 Å². The molecule has 3 rings (SSSR count). The van der Waals surface area contributed by atoms with E-state index in [0.29, 0.717) is 10.9 Å². The Bertz CT molecular complexity index is 1310. The minimum atomic E-state index is -4.46. The SMILES string of the molecule is CCn1c(=O)c2ccccc2n(CC(=O)NCC#Cc2cccc(C(F)(F)F)c2)c1=O. The van der Waals surface area contributed by atoms with Gasteiger partial charge >= 0.3 is 11.9 Å². The Morgan fingerprint density at radius 3 is 2.52 bits per heavy atom. The molecule has 0 saturated carbocycles. The Kier molecular flexibility index (Phi) is 6.30. The molecule has 0 spiro atoms. The molecule has 0 saturated heterocycles. The first kappa shape index (κ1) is 21.9. The van der Waals surface area contributed by atoms with Gasteiger partial charge in [-0.3, -0.25) is 18.7 Å². The zero-order valence-corrected chi connectivity index (χ0v) is 16.5. The van der Waals surface area contributed by atoms with Crippen molar-refractivity contribution in [2.75, 3.05) is 6.54 Å². The van der Waals surface area contributed by atoms with Crippen molar-refractivity contribution in [2.45, 2.75) is 26.2 Å². The molecule has 0 fully saturated rings. The summed E-state index contributed by atoms with van der Waals surface area (Å²) in [5, 5.41) is 2.83. The third kappa shape index (κ3) is 4.86. The number of hydrogen-bond acceptors (Lipinski definition) is 3. The molecular weight excluding hydrogens is 411 g/mol. The van der Waals surface area contributed by atoms with Crippen molar-refractivity contribution in [3.05, 3.63) is 80.5 Å². The molecule has 1 amide bonds. The standard InChI is InChI=1S/C22H18F3N3O3/c1-2-27-20(30)17-10-3-4-11-18(17)28(21(27)31)14-19(29)26-12-6-8-15-7-5-9-16(13-15)22(23,24)25/h3-5,7,9-11,13H,2,12,14H2,1H3,(H,26,29). The van der Waals surface area contributed by atoms with Crippen LogP contribution in [0.2, 0.25) is 0 Å². The molecule has 0 radical (unpaired) electrons. The van der Waals surface area contributed by atoms with Crippen LogP contribution in [-0.4, -0.2) is 21.6 Å². The highest BCUT2D eigenvalue weighted by atomic mass is 19.4. The van der Waals surface area contributed by atoms with E-state index in [1.54, 1.807) is 31.2 Å². The molecule has 0 bridgehead atoms. The molecule has 1 N–H and O–H groups in total. The number of hydrogen-bond donors (Lipinski definition) is 1. The van der Waals surface area contributed by atoms with Crippen molar-refractivity contribution in [2.24, 2.45) is 0 Å². The van der Waals surface area contributed by atoms with Gasteiger partial charge in [0.25, 0.3) is 5.56 Å². The molecule has 3 aromatic rings. The predicted molar refractivity (Wildman–Crippen MR) is 109 cm³/mol. The molecule has 160 valence electrons. The van der Waals surface area contributed by atoms with Crippen molar-refractivity contribution in [3.8, 4) is 11.8 Å².